The fourth-order valence-electron chi connectivity index (χ4n) is 0.415. The van der Waals surface area contributed by atoms with Crippen LogP contribution in [0.3, 0.4) is 0 Å². The average molecular weight is 87.1 g/mol. The minimum atomic E-state index is -1.60. The normalized spacial score (nSPS) is 34.3. The fourth-order valence-corrected chi connectivity index (χ4v) is 0.415. The van der Waals surface area contributed by atoms with Crippen LogP contribution in [0.5, 0.6) is 0 Å². The molecule has 6 heavy (non-hydrogen) atoms. The first-order chi connectivity index (χ1) is 3.63. The van der Waals surface area contributed by atoms with E-state index in [0.717, 1.165) is 0 Å². The van der Waals surface area contributed by atoms with Crippen molar-refractivity contribution in [1.29, 1.82) is 0 Å². The Morgan fingerprint density at radius 3 is 3.00 bits per heavy atom. The van der Waals surface area contributed by atoms with E-state index in [9.17, 15) is 4.79 Å². The topological polar surface area (TPSA) is 29.1 Å². The van der Waals surface area contributed by atoms with E-state index < -0.39 is 12.3 Å². The van der Waals surface area contributed by atoms with Crippen molar-refractivity contribution in [3.63, 3.8) is 0 Å². The van der Waals surface area contributed by atoms with Gasteiger partial charge in [-0.3, -0.25) is 4.79 Å². The molecule has 0 saturated carbocycles. The van der Waals surface area contributed by atoms with E-state index in [4.69, 9.17) is 2.74 Å². The van der Waals surface area contributed by atoms with Gasteiger partial charge in [0, 0.05) is 15.7 Å². The summed E-state index contributed by atoms with van der Waals surface area (Å²) in [5, 5.41) is 2.40. The van der Waals surface area contributed by atoms with Gasteiger partial charge in [0.05, 0.1) is 0 Å². The minimum absolute atomic E-state index is 0.311. The maximum atomic E-state index is 10.4. The molecule has 0 spiro atoms. The third kappa shape index (κ3) is 0.506. The van der Waals surface area contributed by atoms with Crippen LogP contribution in [-0.4, -0.2) is 12.5 Å². The Morgan fingerprint density at radius 1 is 2.00 bits per heavy atom. The first-order valence-electron chi connectivity index (χ1n) is 2.91. The molecular formula is C4H7NO. The molecular weight excluding hydrogens is 78.0 g/mol. The molecule has 1 heterocycles. The summed E-state index contributed by atoms with van der Waals surface area (Å²) in [6.07, 6.45) is -1.29. The van der Waals surface area contributed by atoms with E-state index in [1.807, 2.05) is 0 Å². The molecule has 0 aliphatic carbocycles. The maximum absolute atomic E-state index is 10.4. The summed E-state index contributed by atoms with van der Waals surface area (Å²) in [6, 6.07) is 0. The van der Waals surface area contributed by atoms with Crippen LogP contribution in [0.15, 0.2) is 0 Å². The molecule has 0 aromatic heterocycles. The van der Waals surface area contributed by atoms with E-state index in [0.29, 0.717) is 13.0 Å². The molecule has 1 aliphatic heterocycles. The third-order valence-corrected chi connectivity index (χ3v) is 0.696. The van der Waals surface area contributed by atoms with Crippen molar-refractivity contribution < 1.29 is 7.54 Å². The van der Waals surface area contributed by atoms with Crippen LogP contribution in [0.4, 0.5) is 0 Å². The lowest BCUT2D eigenvalue weighted by atomic mass is 10.4. The van der Waals surface area contributed by atoms with Crippen molar-refractivity contribution in [3.05, 3.63) is 0 Å². The minimum Gasteiger partial charge on any atom is -0.356 e. The molecule has 0 atom stereocenters. The van der Waals surface area contributed by atoms with Gasteiger partial charge < -0.3 is 5.32 Å². The van der Waals surface area contributed by atoms with Crippen molar-refractivity contribution in [2.24, 2.45) is 0 Å². The highest BCUT2D eigenvalue weighted by molar-refractivity contribution is 5.77. The highest BCUT2D eigenvalue weighted by Crippen LogP contribution is 1.93. The van der Waals surface area contributed by atoms with Crippen molar-refractivity contribution in [3.8, 4) is 0 Å². The Bertz CT molecular complexity index is 123. The lowest BCUT2D eigenvalue weighted by Gasteiger charge is -1.80. The van der Waals surface area contributed by atoms with Crippen molar-refractivity contribution >= 4 is 5.91 Å². The zero-order valence-corrected chi connectivity index (χ0v) is 3.32. The number of amides is 1. The zero-order chi connectivity index (χ0) is 6.20. The van der Waals surface area contributed by atoms with E-state index in [1.165, 1.54) is 0 Å². The monoisotopic (exact) mass is 87.1 g/mol. The largest absolute Gasteiger partial charge is 0.356 e. The number of carbonyl (C=O) groups is 1. The number of hydrogen-bond acceptors (Lipinski definition) is 1. The van der Waals surface area contributed by atoms with Crippen molar-refractivity contribution in [1.82, 2.24) is 5.32 Å². The molecule has 1 amide bonds. The molecule has 0 aromatic rings. The highest BCUT2D eigenvalue weighted by Gasteiger charge is 2.05. The summed E-state index contributed by atoms with van der Waals surface area (Å²) in [6.45, 7) is 0.478. The summed E-state index contributed by atoms with van der Waals surface area (Å²) >= 11 is 0. The van der Waals surface area contributed by atoms with Crippen LogP contribution < -0.4 is 5.32 Å². The van der Waals surface area contributed by atoms with E-state index >= 15 is 0 Å². The van der Waals surface area contributed by atoms with Gasteiger partial charge in [0.2, 0.25) is 5.91 Å². The highest BCUT2D eigenvalue weighted by atomic mass is 16.1. The Labute approximate surface area is 39.3 Å². The lowest BCUT2D eigenvalue weighted by molar-refractivity contribution is -0.119. The Hall–Kier alpha value is -0.530. The van der Waals surface area contributed by atoms with Gasteiger partial charge in [0.1, 0.15) is 0 Å². The molecule has 1 fully saturated rings. The maximum Gasteiger partial charge on any atom is 0.220 e. The molecule has 2 nitrogen and oxygen atoms in total. The molecule has 0 aromatic carbocycles. The van der Waals surface area contributed by atoms with Crippen LogP contribution >= 0.6 is 0 Å². The van der Waals surface area contributed by atoms with Gasteiger partial charge in [-0.25, -0.2) is 0 Å². The van der Waals surface area contributed by atoms with Crippen LogP contribution in [0.2, 0.25) is 0 Å². The van der Waals surface area contributed by atoms with Gasteiger partial charge in [0.15, 0.2) is 0 Å². The summed E-state index contributed by atoms with van der Waals surface area (Å²) < 4.78 is 13.9. The SMILES string of the molecule is [2H]C1([2H])CCNC1=O. The summed E-state index contributed by atoms with van der Waals surface area (Å²) in [5.41, 5.74) is 0. The molecule has 0 radical (unpaired) electrons. The molecule has 1 rings (SSSR count). The first-order valence-corrected chi connectivity index (χ1v) is 1.91. The van der Waals surface area contributed by atoms with E-state index in [-0.39, 0.29) is 0 Å². The number of carbonyl (C=O) groups excluding carboxylic acids is 1. The first kappa shape index (κ1) is 1.96. The Morgan fingerprint density at radius 2 is 2.83 bits per heavy atom. The zero-order valence-electron chi connectivity index (χ0n) is 5.32. The second-order valence-electron chi connectivity index (χ2n) is 1.18. The lowest BCUT2D eigenvalue weighted by Crippen LogP contribution is -2.12. The molecule has 0 bridgehead atoms. The molecule has 0 unspecified atom stereocenters. The van der Waals surface area contributed by atoms with Gasteiger partial charge in [0.25, 0.3) is 0 Å². The van der Waals surface area contributed by atoms with Crippen LogP contribution in [0, 0.1) is 0 Å². The Kier molecular flexibility index (Phi) is 0.420. The van der Waals surface area contributed by atoms with Crippen LogP contribution in [-0.2, 0) is 4.79 Å². The second-order valence-corrected chi connectivity index (χ2v) is 1.18. The van der Waals surface area contributed by atoms with Crippen LogP contribution in [0.1, 0.15) is 15.5 Å². The van der Waals surface area contributed by atoms with Gasteiger partial charge in [-0.05, 0) is 6.42 Å². The van der Waals surface area contributed by atoms with Crippen molar-refractivity contribution in [2.45, 2.75) is 12.8 Å². The standard InChI is InChI=1S/C4H7NO/c6-4-2-1-3-5-4/h1-3H2,(H,5,6)/i2D2. The molecule has 1 aliphatic rings. The molecule has 2 heteroatoms. The molecule has 34 valence electrons. The van der Waals surface area contributed by atoms with Gasteiger partial charge in [-0.1, -0.05) is 0 Å². The number of nitrogens with one attached hydrogen (secondary N) is 1. The Balaban J connectivity index is 2.68. The number of hydrogen-bond donors (Lipinski definition) is 1. The van der Waals surface area contributed by atoms with Gasteiger partial charge >= 0.3 is 0 Å². The predicted molar refractivity (Wildman–Crippen MR) is 22.2 cm³/mol. The van der Waals surface area contributed by atoms with Crippen molar-refractivity contribution in [2.75, 3.05) is 6.54 Å². The summed E-state index contributed by atoms with van der Waals surface area (Å²) in [4.78, 5) is 10.4. The molecule has 1 N–H and O–H groups in total. The van der Waals surface area contributed by atoms with Crippen LogP contribution in [0.25, 0.3) is 0 Å². The second kappa shape index (κ2) is 1.29. The third-order valence-electron chi connectivity index (χ3n) is 0.696. The molecule has 1 saturated heterocycles. The quantitative estimate of drug-likeness (QED) is 0.439. The van der Waals surface area contributed by atoms with E-state index in [2.05, 4.69) is 5.32 Å². The van der Waals surface area contributed by atoms with Gasteiger partial charge in [-0.15, -0.1) is 0 Å². The summed E-state index contributed by atoms with van der Waals surface area (Å²) in [7, 11) is 0. The van der Waals surface area contributed by atoms with E-state index in [1.54, 1.807) is 0 Å². The average Bonchev–Trinajstić information content (AvgIpc) is 1.86. The smallest absolute Gasteiger partial charge is 0.220 e. The predicted octanol–water partition coefficient (Wildman–Crippen LogP) is -0.104. The van der Waals surface area contributed by atoms with Gasteiger partial charge in [-0.2, -0.15) is 0 Å². The number of rotatable bonds is 0. The summed E-state index contributed by atoms with van der Waals surface area (Å²) in [5.74, 6) is -0.475. The fraction of sp³-hybridized carbons (Fsp3) is 0.750.